The van der Waals surface area contributed by atoms with Crippen molar-refractivity contribution in [3.63, 3.8) is 0 Å². The fraction of sp³-hybridized carbons (Fsp3) is 0.943. The summed E-state index contributed by atoms with van der Waals surface area (Å²) in [6, 6.07) is -0.907. The number of carbonyl (C=O) groups excluding carboxylic acids is 1. The Morgan fingerprint density at radius 1 is 0.522 bits per heavy atom. The van der Waals surface area contributed by atoms with Crippen molar-refractivity contribution in [3.8, 4) is 0 Å². The van der Waals surface area contributed by atoms with Gasteiger partial charge in [-0.05, 0) is 19.3 Å². The first-order valence-corrected chi connectivity index (χ1v) is 27.4. The van der Waals surface area contributed by atoms with Gasteiger partial charge in [-0.25, -0.2) is 0 Å². The Morgan fingerprint density at radius 2 is 0.925 bits per heavy atom. The highest BCUT2D eigenvalue weighted by Crippen LogP contribution is 2.30. The van der Waals surface area contributed by atoms with E-state index in [-0.39, 0.29) is 18.9 Å². The number of rotatable bonds is 43. The van der Waals surface area contributed by atoms with Gasteiger partial charge in [-0.2, -0.15) is 0 Å². The van der Waals surface area contributed by atoms with Crippen LogP contribution < -0.4 is 5.32 Å². The molecule has 14 nitrogen and oxygen atoms in total. The molecule has 396 valence electrons. The summed E-state index contributed by atoms with van der Waals surface area (Å²) in [5.74, 6) is -0.237. The molecule has 0 aromatic rings. The maximum atomic E-state index is 13.2. The standard InChI is InChI=1S/C53H101NO13/c1-3-5-7-9-11-13-15-16-17-18-19-20-21-22-23-24-25-27-29-31-33-35-37-45(58)54-41(42(57)36-34-32-30-28-26-14-12-10-8-6-4-2)40-64-52-50(63)48(61)51(44(39-56)66-52)67-53-49(62)47(60)46(59)43(38-55)65-53/h34,36,41-44,46-53,55-57,59-63H,3-33,35,37-40H2,1-2H3,(H,54,58)/b36-34+. The Morgan fingerprint density at radius 3 is 1.37 bits per heavy atom. The third-order valence-corrected chi connectivity index (χ3v) is 13.7. The van der Waals surface area contributed by atoms with Gasteiger partial charge in [0.05, 0.1) is 32.0 Å². The number of nitrogens with one attached hydrogen (secondary N) is 1. The van der Waals surface area contributed by atoms with Gasteiger partial charge in [0, 0.05) is 6.42 Å². The Hall–Kier alpha value is -1.27. The second kappa shape index (κ2) is 40.3. The third kappa shape index (κ3) is 27.2. The van der Waals surface area contributed by atoms with Crippen molar-refractivity contribution in [2.45, 2.75) is 299 Å². The lowest BCUT2D eigenvalue weighted by Gasteiger charge is -2.46. The number of hydrogen-bond acceptors (Lipinski definition) is 13. The molecule has 67 heavy (non-hydrogen) atoms. The number of hydrogen-bond donors (Lipinski definition) is 9. The van der Waals surface area contributed by atoms with Crippen molar-refractivity contribution in [2.24, 2.45) is 0 Å². The van der Waals surface area contributed by atoms with Gasteiger partial charge in [-0.1, -0.05) is 212 Å². The zero-order chi connectivity index (χ0) is 48.9. The predicted molar refractivity (Wildman–Crippen MR) is 263 cm³/mol. The maximum absolute atomic E-state index is 13.2. The summed E-state index contributed by atoms with van der Waals surface area (Å²) in [6.45, 7) is 2.79. The van der Waals surface area contributed by atoms with Gasteiger partial charge < -0.3 is 65.1 Å². The van der Waals surface area contributed by atoms with Crippen LogP contribution >= 0.6 is 0 Å². The number of ether oxygens (including phenoxy) is 4. The molecule has 1 amide bonds. The Labute approximate surface area is 406 Å². The molecular weight excluding hydrogens is 859 g/mol. The number of allylic oxidation sites excluding steroid dienone is 1. The monoisotopic (exact) mass is 960 g/mol. The predicted octanol–water partition coefficient (Wildman–Crippen LogP) is 7.94. The molecule has 0 spiro atoms. The molecular formula is C53H101NO13. The first-order valence-electron chi connectivity index (χ1n) is 27.4. The first-order chi connectivity index (χ1) is 32.6. The summed E-state index contributed by atoms with van der Waals surface area (Å²) in [5.41, 5.74) is 0. The lowest BCUT2D eigenvalue weighted by Crippen LogP contribution is -2.65. The Bertz CT molecular complexity index is 1180. The fourth-order valence-electron chi connectivity index (χ4n) is 9.23. The summed E-state index contributed by atoms with van der Waals surface area (Å²) in [5, 5.41) is 86.7. The van der Waals surface area contributed by atoms with Crippen molar-refractivity contribution in [1.29, 1.82) is 0 Å². The lowest BCUT2D eigenvalue weighted by atomic mass is 9.97. The summed E-state index contributed by atoms with van der Waals surface area (Å²) in [4.78, 5) is 13.2. The van der Waals surface area contributed by atoms with Gasteiger partial charge in [0.2, 0.25) is 5.91 Å². The van der Waals surface area contributed by atoms with Crippen LogP contribution in [-0.2, 0) is 23.7 Å². The van der Waals surface area contributed by atoms with Crippen LogP contribution in [0.2, 0.25) is 0 Å². The van der Waals surface area contributed by atoms with E-state index in [1.165, 1.54) is 161 Å². The van der Waals surface area contributed by atoms with Crippen LogP contribution in [0.15, 0.2) is 12.2 Å². The average molecular weight is 960 g/mol. The minimum atomic E-state index is -1.78. The van der Waals surface area contributed by atoms with Crippen LogP contribution in [0.3, 0.4) is 0 Å². The average Bonchev–Trinajstić information content (AvgIpc) is 3.32. The van der Waals surface area contributed by atoms with E-state index in [9.17, 15) is 45.6 Å². The fourth-order valence-corrected chi connectivity index (χ4v) is 9.23. The summed E-state index contributed by atoms with van der Waals surface area (Å²) >= 11 is 0. The minimum absolute atomic E-state index is 0.237. The molecule has 2 saturated heterocycles. The van der Waals surface area contributed by atoms with Gasteiger partial charge >= 0.3 is 0 Å². The molecule has 0 aromatic carbocycles. The topological polar surface area (TPSA) is 228 Å². The van der Waals surface area contributed by atoms with E-state index < -0.39 is 86.8 Å². The molecule has 0 saturated carbocycles. The van der Waals surface area contributed by atoms with Crippen molar-refractivity contribution < 1.29 is 64.6 Å². The Balaban J connectivity index is 1.75. The summed E-state index contributed by atoms with van der Waals surface area (Å²) in [6.07, 6.45) is 26.9. The highest BCUT2D eigenvalue weighted by molar-refractivity contribution is 5.76. The van der Waals surface area contributed by atoms with Crippen molar-refractivity contribution >= 4 is 5.91 Å². The lowest BCUT2D eigenvalue weighted by molar-refractivity contribution is -0.359. The minimum Gasteiger partial charge on any atom is -0.394 e. The smallest absolute Gasteiger partial charge is 0.220 e. The second-order valence-electron chi connectivity index (χ2n) is 19.7. The molecule has 0 bridgehead atoms. The molecule has 2 fully saturated rings. The SMILES string of the molecule is CCCCCCCCCCC/C=C/C(O)C(COC1OC(CO)C(OC2OC(CO)C(O)C(O)C2O)C(O)C1O)NC(=O)CCCCCCCCCCCCCCCCCCCCCCCC. The van der Waals surface area contributed by atoms with E-state index >= 15 is 0 Å². The molecule has 2 heterocycles. The van der Waals surface area contributed by atoms with E-state index in [2.05, 4.69) is 19.2 Å². The summed E-state index contributed by atoms with van der Waals surface area (Å²) < 4.78 is 22.7. The molecule has 0 radical (unpaired) electrons. The molecule has 14 heteroatoms. The van der Waals surface area contributed by atoms with Gasteiger partial charge in [0.1, 0.15) is 48.8 Å². The number of aliphatic hydroxyl groups is 8. The quantitative estimate of drug-likeness (QED) is 0.0209. The zero-order valence-electron chi connectivity index (χ0n) is 42.2. The van der Waals surface area contributed by atoms with Gasteiger partial charge in [-0.15, -0.1) is 0 Å². The molecule has 0 aromatic heterocycles. The number of unbranched alkanes of at least 4 members (excludes halogenated alkanes) is 30. The zero-order valence-corrected chi connectivity index (χ0v) is 42.2. The maximum Gasteiger partial charge on any atom is 0.220 e. The molecule has 0 aliphatic carbocycles. The van der Waals surface area contributed by atoms with Gasteiger partial charge in [-0.3, -0.25) is 4.79 Å². The molecule has 9 N–H and O–H groups in total. The molecule has 12 atom stereocenters. The van der Waals surface area contributed by atoms with E-state index in [4.69, 9.17) is 18.9 Å². The largest absolute Gasteiger partial charge is 0.394 e. The van der Waals surface area contributed by atoms with Crippen LogP contribution in [0.25, 0.3) is 0 Å². The van der Waals surface area contributed by atoms with E-state index in [0.29, 0.717) is 6.42 Å². The molecule has 2 aliphatic rings. The normalized spacial score (nSPS) is 26.6. The van der Waals surface area contributed by atoms with Crippen LogP contribution in [0.1, 0.15) is 226 Å². The third-order valence-electron chi connectivity index (χ3n) is 13.7. The Kier molecular flexibility index (Phi) is 37.2. The number of carbonyl (C=O) groups is 1. The van der Waals surface area contributed by atoms with Crippen molar-refractivity contribution in [1.82, 2.24) is 5.32 Å². The van der Waals surface area contributed by atoms with Crippen LogP contribution in [0.5, 0.6) is 0 Å². The van der Waals surface area contributed by atoms with Gasteiger partial charge in [0.25, 0.3) is 0 Å². The van der Waals surface area contributed by atoms with Gasteiger partial charge in [0.15, 0.2) is 12.6 Å². The number of amides is 1. The second-order valence-corrected chi connectivity index (χ2v) is 19.7. The van der Waals surface area contributed by atoms with Crippen LogP contribution in [0.4, 0.5) is 0 Å². The number of aliphatic hydroxyl groups excluding tert-OH is 8. The van der Waals surface area contributed by atoms with E-state index in [1.807, 2.05) is 6.08 Å². The first kappa shape index (κ1) is 61.8. The van der Waals surface area contributed by atoms with Crippen molar-refractivity contribution in [3.05, 3.63) is 12.2 Å². The molecule has 2 aliphatic heterocycles. The highest BCUT2D eigenvalue weighted by Gasteiger charge is 2.51. The van der Waals surface area contributed by atoms with E-state index in [1.54, 1.807) is 6.08 Å². The van der Waals surface area contributed by atoms with Crippen molar-refractivity contribution in [2.75, 3.05) is 19.8 Å². The summed E-state index contributed by atoms with van der Waals surface area (Å²) in [7, 11) is 0. The van der Waals surface area contributed by atoms with E-state index in [0.717, 1.165) is 38.5 Å². The van der Waals surface area contributed by atoms with Crippen LogP contribution in [-0.4, -0.2) is 140 Å². The highest BCUT2D eigenvalue weighted by atomic mass is 16.7. The molecule has 12 unspecified atom stereocenters. The van der Waals surface area contributed by atoms with Crippen LogP contribution in [0, 0.1) is 0 Å². The molecule has 2 rings (SSSR count).